The molecule has 0 bridgehead atoms. The van der Waals surface area contributed by atoms with Crippen LogP contribution in [0, 0.1) is 29.9 Å². The highest BCUT2D eigenvalue weighted by molar-refractivity contribution is 7.92. The first kappa shape index (κ1) is 14.9. The zero-order valence-electron chi connectivity index (χ0n) is 10.9. The summed E-state index contributed by atoms with van der Waals surface area (Å²) in [7, 11) is -4.12. The molecular formula is C14H10F2N2O2S. The number of anilines is 1. The molecule has 0 aliphatic rings. The number of rotatable bonds is 3. The van der Waals surface area contributed by atoms with Gasteiger partial charge < -0.3 is 0 Å². The number of nitrogens with one attached hydrogen (secondary N) is 1. The van der Waals surface area contributed by atoms with E-state index in [1.165, 1.54) is 19.1 Å². The van der Waals surface area contributed by atoms with Crippen molar-refractivity contribution in [3.8, 4) is 6.07 Å². The minimum Gasteiger partial charge on any atom is -0.277 e. The lowest BCUT2D eigenvalue weighted by atomic mass is 10.2. The molecule has 0 heterocycles. The Kier molecular flexibility index (Phi) is 3.91. The van der Waals surface area contributed by atoms with E-state index in [1.807, 2.05) is 4.72 Å². The number of aryl methyl sites for hydroxylation is 1. The third-order valence-corrected chi connectivity index (χ3v) is 4.29. The molecule has 108 valence electrons. The van der Waals surface area contributed by atoms with Gasteiger partial charge in [-0.05, 0) is 42.8 Å². The molecule has 0 unspecified atom stereocenters. The minimum absolute atomic E-state index is 0.0670. The van der Waals surface area contributed by atoms with E-state index in [0.29, 0.717) is 5.56 Å². The number of hydrogen-bond donors (Lipinski definition) is 1. The molecule has 4 nitrogen and oxygen atoms in total. The first-order valence-corrected chi connectivity index (χ1v) is 7.30. The van der Waals surface area contributed by atoms with E-state index < -0.39 is 21.7 Å². The largest absolute Gasteiger partial charge is 0.277 e. The van der Waals surface area contributed by atoms with Crippen molar-refractivity contribution in [2.75, 3.05) is 4.72 Å². The van der Waals surface area contributed by atoms with Crippen LogP contribution in [-0.4, -0.2) is 8.42 Å². The lowest BCUT2D eigenvalue weighted by Crippen LogP contribution is -2.15. The molecule has 0 spiro atoms. The fourth-order valence-electron chi connectivity index (χ4n) is 1.73. The summed E-state index contributed by atoms with van der Waals surface area (Å²) in [5.74, 6) is -1.59. The number of nitrogens with zero attached hydrogens (tertiary/aromatic N) is 1. The van der Waals surface area contributed by atoms with Crippen LogP contribution in [0.5, 0.6) is 0 Å². The highest BCUT2D eigenvalue weighted by atomic mass is 32.2. The molecular weight excluding hydrogens is 298 g/mol. The number of hydrogen-bond acceptors (Lipinski definition) is 3. The Bertz CT molecular complexity index is 843. The lowest BCUT2D eigenvalue weighted by Gasteiger charge is -2.11. The molecule has 2 aromatic rings. The summed E-state index contributed by atoms with van der Waals surface area (Å²) in [4.78, 5) is -0.272. The Morgan fingerprint density at radius 1 is 1.14 bits per heavy atom. The number of sulfonamides is 1. The zero-order valence-corrected chi connectivity index (χ0v) is 11.7. The second kappa shape index (κ2) is 5.50. The van der Waals surface area contributed by atoms with Gasteiger partial charge in [0.05, 0.1) is 22.2 Å². The van der Waals surface area contributed by atoms with Crippen LogP contribution < -0.4 is 4.72 Å². The van der Waals surface area contributed by atoms with Crippen molar-refractivity contribution in [3.05, 3.63) is 59.2 Å². The van der Waals surface area contributed by atoms with Crippen LogP contribution in [0.1, 0.15) is 11.1 Å². The maximum atomic E-state index is 13.7. The van der Waals surface area contributed by atoms with E-state index in [1.54, 1.807) is 6.07 Å². The van der Waals surface area contributed by atoms with Crippen molar-refractivity contribution in [3.63, 3.8) is 0 Å². The van der Waals surface area contributed by atoms with Gasteiger partial charge in [0.15, 0.2) is 0 Å². The summed E-state index contributed by atoms with van der Waals surface area (Å²) in [6.45, 7) is 1.50. The van der Waals surface area contributed by atoms with E-state index in [4.69, 9.17) is 5.26 Å². The molecule has 1 N–H and O–H groups in total. The first-order chi connectivity index (χ1) is 9.83. The lowest BCUT2D eigenvalue weighted by molar-refractivity contribution is 0.592. The van der Waals surface area contributed by atoms with E-state index in [9.17, 15) is 17.2 Å². The van der Waals surface area contributed by atoms with Gasteiger partial charge in [-0.25, -0.2) is 17.2 Å². The molecule has 2 aromatic carbocycles. The molecule has 0 amide bonds. The fraction of sp³-hybridized carbons (Fsp3) is 0.0714. The summed E-state index contributed by atoms with van der Waals surface area (Å²) >= 11 is 0. The molecule has 0 radical (unpaired) electrons. The normalized spacial score (nSPS) is 11.0. The van der Waals surface area contributed by atoms with Crippen LogP contribution in [0.15, 0.2) is 41.3 Å². The Labute approximate surface area is 120 Å². The van der Waals surface area contributed by atoms with E-state index in [2.05, 4.69) is 0 Å². The topological polar surface area (TPSA) is 70.0 Å². The third kappa shape index (κ3) is 3.17. The zero-order chi connectivity index (χ0) is 15.6. The van der Waals surface area contributed by atoms with Gasteiger partial charge in [-0.3, -0.25) is 4.72 Å². The predicted octanol–water partition coefficient (Wildman–Crippen LogP) is 2.95. The standard InChI is InChI=1S/C14H10F2N2O2S/c1-9-2-4-11(15)7-14(9)21(19,20)18-13-5-3-10(8-17)6-12(13)16/h2-7,18H,1H3. The molecule has 0 saturated heterocycles. The average molecular weight is 308 g/mol. The Hall–Kier alpha value is -2.46. The summed E-state index contributed by atoms with van der Waals surface area (Å²) < 4.78 is 53.3. The number of benzene rings is 2. The molecule has 0 aliphatic heterocycles. The van der Waals surface area contributed by atoms with Crippen molar-refractivity contribution in [2.45, 2.75) is 11.8 Å². The molecule has 0 atom stereocenters. The summed E-state index contributed by atoms with van der Waals surface area (Å²) in [5.41, 5.74) is 0.0907. The maximum absolute atomic E-state index is 13.7. The van der Waals surface area contributed by atoms with Gasteiger partial charge in [0.25, 0.3) is 10.0 Å². The van der Waals surface area contributed by atoms with Gasteiger partial charge in [0.1, 0.15) is 11.6 Å². The molecule has 7 heteroatoms. The molecule has 0 saturated carbocycles. The van der Waals surface area contributed by atoms with E-state index in [-0.39, 0.29) is 16.1 Å². The Morgan fingerprint density at radius 2 is 1.86 bits per heavy atom. The second-order valence-corrected chi connectivity index (χ2v) is 5.97. The van der Waals surface area contributed by atoms with Crippen LogP contribution >= 0.6 is 0 Å². The first-order valence-electron chi connectivity index (χ1n) is 5.82. The van der Waals surface area contributed by atoms with Crippen LogP contribution in [0.3, 0.4) is 0 Å². The van der Waals surface area contributed by atoms with Crippen molar-refractivity contribution in [2.24, 2.45) is 0 Å². The molecule has 0 aliphatic carbocycles. The molecule has 0 aromatic heterocycles. The fourth-order valence-corrected chi connectivity index (χ4v) is 3.06. The Balaban J connectivity index is 2.43. The predicted molar refractivity (Wildman–Crippen MR) is 73.1 cm³/mol. The van der Waals surface area contributed by atoms with Crippen LogP contribution in [0.2, 0.25) is 0 Å². The minimum atomic E-state index is -4.12. The smallest absolute Gasteiger partial charge is 0.262 e. The average Bonchev–Trinajstić information content (AvgIpc) is 2.43. The van der Waals surface area contributed by atoms with E-state index >= 15 is 0 Å². The van der Waals surface area contributed by atoms with Gasteiger partial charge in [-0.15, -0.1) is 0 Å². The SMILES string of the molecule is Cc1ccc(F)cc1S(=O)(=O)Nc1ccc(C#N)cc1F. The number of halogens is 2. The highest BCUT2D eigenvalue weighted by Crippen LogP contribution is 2.22. The van der Waals surface area contributed by atoms with Crippen molar-refractivity contribution in [1.29, 1.82) is 5.26 Å². The maximum Gasteiger partial charge on any atom is 0.262 e. The monoisotopic (exact) mass is 308 g/mol. The van der Waals surface area contributed by atoms with Crippen LogP contribution in [0.4, 0.5) is 14.5 Å². The van der Waals surface area contributed by atoms with E-state index in [0.717, 1.165) is 24.3 Å². The highest BCUT2D eigenvalue weighted by Gasteiger charge is 2.19. The number of nitriles is 1. The van der Waals surface area contributed by atoms with Crippen molar-refractivity contribution < 1.29 is 17.2 Å². The molecule has 0 fully saturated rings. The molecule has 21 heavy (non-hydrogen) atoms. The van der Waals surface area contributed by atoms with Gasteiger partial charge >= 0.3 is 0 Å². The van der Waals surface area contributed by atoms with Crippen LogP contribution in [0.25, 0.3) is 0 Å². The second-order valence-electron chi connectivity index (χ2n) is 4.32. The summed E-state index contributed by atoms with van der Waals surface area (Å²) in [5, 5.41) is 8.63. The van der Waals surface area contributed by atoms with Crippen LogP contribution in [-0.2, 0) is 10.0 Å². The van der Waals surface area contributed by atoms with Crippen molar-refractivity contribution in [1.82, 2.24) is 0 Å². The van der Waals surface area contributed by atoms with Gasteiger partial charge in [0.2, 0.25) is 0 Å². The van der Waals surface area contributed by atoms with Gasteiger partial charge in [0, 0.05) is 0 Å². The van der Waals surface area contributed by atoms with Crippen molar-refractivity contribution >= 4 is 15.7 Å². The summed E-state index contributed by atoms with van der Waals surface area (Å²) in [6, 6.07) is 8.38. The van der Waals surface area contributed by atoms with Gasteiger partial charge in [-0.2, -0.15) is 5.26 Å². The third-order valence-electron chi connectivity index (χ3n) is 2.78. The molecule has 2 rings (SSSR count). The Morgan fingerprint density at radius 3 is 2.48 bits per heavy atom. The summed E-state index contributed by atoms with van der Waals surface area (Å²) in [6.07, 6.45) is 0. The quantitative estimate of drug-likeness (QED) is 0.947. The van der Waals surface area contributed by atoms with Gasteiger partial charge in [-0.1, -0.05) is 6.07 Å².